The number of benzene rings is 1. The van der Waals surface area contributed by atoms with Crippen LogP contribution in [-0.2, 0) is 4.79 Å². The fourth-order valence-electron chi connectivity index (χ4n) is 1.11. The summed E-state index contributed by atoms with van der Waals surface area (Å²) in [6.07, 6.45) is 1.44. The fourth-order valence-corrected chi connectivity index (χ4v) is 1.78. The van der Waals surface area contributed by atoms with E-state index in [2.05, 4.69) is 22.6 Å². The van der Waals surface area contributed by atoms with E-state index in [-0.39, 0.29) is 5.57 Å². The minimum Gasteiger partial charge on any atom is -0.497 e. The summed E-state index contributed by atoms with van der Waals surface area (Å²) in [6.45, 7) is 0. The number of nitriles is 1. The third-order valence-corrected chi connectivity index (χ3v) is 2.45. The number of rotatable bonds is 3. The second kappa shape index (κ2) is 5.51. The maximum atomic E-state index is 10.9. The van der Waals surface area contributed by atoms with E-state index in [1.807, 2.05) is 12.1 Å². The Kier molecular flexibility index (Phi) is 4.31. The molecule has 2 N–H and O–H groups in total. The highest BCUT2D eigenvalue weighted by molar-refractivity contribution is 14.1. The van der Waals surface area contributed by atoms with Gasteiger partial charge in [-0.05, 0) is 52.4 Å². The SMILES string of the molecule is COc1cc(I)cc(/C=C(\C#N)C(N)=O)c1. The van der Waals surface area contributed by atoms with E-state index in [4.69, 9.17) is 15.7 Å². The largest absolute Gasteiger partial charge is 0.497 e. The van der Waals surface area contributed by atoms with Crippen molar-refractivity contribution in [2.75, 3.05) is 7.11 Å². The number of halogens is 1. The highest BCUT2D eigenvalue weighted by Crippen LogP contribution is 2.20. The van der Waals surface area contributed by atoms with Crippen LogP contribution in [0.5, 0.6) is 5.75 Å². The van der Waals surface area contributed by atoms with Crippen LogP contribution in [0.4, 0.5) is 0 Å². The summed E-state index contributed by atoms with van der Waals surface area (Å²) >= 11 is 2.12. The highest BCUT2D eigenvalue weighted by Gasteiger charge is 2.04. The molecule has 82 valence electrons. The normalized spacial score (nSPS) is 10.7. The zero-order valence-corrected chi connectivity index (χ0v) is 10.7. The van der Waals surface area contributed by atoms with E-state index in [1.54, 1.807) is 19.2 Å². The molecular weight excluding hydrogens is 319 g/mol. The van der Waals surface area contributed by atoms with Crippen molar-refractivity contribution < 1.29 is 9.53 Å². The first-order chi connectivity index (χ1) is 7.56. The number of nitrogens with zero attached hydrogens (tertiary/aromatic N) is 1. The minimum absolute atomic E-state index is 0.0796. The molecule has 0 bridgehead atoms. The lowest BCUT2D eigenvalue weighted by Gasteiger charge is -2.02. The number of nitrogens with two attached hydrogens (primary N) is 1. The van der Waals surface area contributed by atoms with Gasteiger partial charge in [-0.15, -0.1) is 0 Å². The van der Waals surface area contributed by atoms with Crippen molar-refractivity contribution in [3.05, 3.63) is 32.9 Å². The molecule has 0 aromatic heterocycles. The summed E-state index contributed by atoms with van der Waals surface area (Å²) in [4.78, 5) is 10.9. The van der Waals surface area contributed by atoms with Crippen LogP contribution in [0.2, 0.25) is 0 Å². The van der Waals surface area contributed by atoms with Gasteiger partial charge in [0.1, 0.15) is 17.4 Å². The van der Waals surface area contributed by atoms with Gasteiger partial charge in [0.05, 0.1) is 7.11 Å². The first kappa shape index (κ1) is 12.5. The molecule has 0 fully saturated rings. The number of carbonyl (C=O) groups excluding carboxylic acids is 1. The average molecular weight is 328 g/mol. The molecule has 0 aliphatic rings. The lowest BCUT2D eigenvalue weighted by atomic mass is 10.1. The Labute approximate surface area is 107 Å². The molecule has 1 aromatic rings. The maximum Gasteiger partial charge on any atom is 0.259 e. The summed E-state index contributed by atoms with van der Waals surface area (Å²) in [5.41, 5.74) is 5.67. The van der Waals surface area contributed by atoms with Crippen molar-refractivity contribution in [3.63, 3.8) is 0 Å². The molecule has 0 aliphatic heterocycles. The average Bonchev–Trinajstić information content (AvgIpc) is 2.24. The second-order valence-corrected chi connectivity index (χ2v) is 4.20. The third-order valence-electron chi connectivity index (χ3n) is 1.83. The number of hydrogen-bond donors (Lipinski definition) is 1. The van der Waals surface area contributed by atoms with Gasteiger partial charge in [-0.3, -0.25) is 4.79 Å². The van der Waals surface area contributed by atoms with Crippen LogP contribution in [0, 0.1) is 14.9 Å². The molecule has 4 nitrogen and oxygen atoms in total. The van der Waals surface area contributed by atoms with E-state index in [1.165, 1.54) is 6.08 Å². The molecular formula is C11H9IN2O2. The van der Waals surface area contributed by atoms with Crippen molar-refractivity contribution in [1.29, 1.82) is 5.26 Å². The van der Waals surface area contributed by atoms with Gasteiger partial charge < -0.3 is 10.5 Å². The Bertz CT molecular complexity index is 489. The standard InChI is InChI=1S/C11H9IN2O2/c1-16-10-4-7(3-9(12)5-10)2-8(6-13)11(14)15/h2-5H,1H3,(H2,14,15)/b8-2+. The van der Waals surface area contributed by atoms with Crippen molar-refractivity contribution >= 4 is 34.6 Å². The van der Waals surface area contributed by atoms with Gasteiger partial charge in [-0.2, -0.15) is 5.26 Å². The fraction of sp³-hybridized carbons (Fsp3) is 0.0909. The highest BCUT2D eigenvalue weighted by atomic mass is 127. The minimum atomic E-state index is -0.736. The number of amides is 1. The zero-order chi connectivity index (χ0) is 12.1. The van der Waals surface area contributed by atoms with E-state index in [9.17, 15) is 4.79 Å². The van der Waals surface area contributed by atoms with Gasteiger partial charge in [0.15, 0.2) is 0 Å². The van der Waals surface area contributed by atoms with Gasteiger partial charge in [-0.1, -0.05) is 0 Å². The molecule has 1 rings (SSSR count). The van der Waals surface area contributed by atoms with Crippen LogP contribution in [0.25, 0.3) is 6.08 Å². The number of methoxy groups -OCH3 is 1. The Balaban J connectivity index is 3.19. The molecule has 0 unspecified atom stereocenters. The summed E-state index contributed by atoms with van der Waals surface area (Å²) in [6, 6.07) is 7.14. The first-order valence-electron chi connectivity index (χ1n) is 4.33. The Morgan fingerprint density at radius 1 is 1.56 bits per heavy atom. The molecule has 1 amide bonds. The summed E-state index contributed by atoms with van der Waals surface area (Å²) in [5, 5.41) is 8.70. The smallest absolute Gasteiger partial charge is 0.259 e. The summed E-state index contributed by atoms with van der Waals surface area (Å²) in [7, 11) is 1.55. The maximum absolute atomic E-state index is 10.9. The molecule has 5 heteroatoms. The lowest BCUT2D eigenvalue weighted by Crippen LogP contribution is -2.12. The zero-order valence-electron chi connectivity index (χ0n) is 8.53. The van der Waals surface area contributed by atoms with Crippen LogP contribution in [0.15, 0.2) is 23.8 Å². The number of carbonyl (C=O) groups is 1. The Hall–Kier alpha value is -1.55. The molecule has 0 radical (unpaired) electrons. The van der Waals surface area contributed by atoms with Crippen molar-refractivity contribution in [3.8, 4) is 11.8 Å². The van der Waals surface area contributed by atoms with Gasteiger partial charge in [0, 0.05) is 3.57 Å². The molecule has 0 saturated heterocycles. The molecule has 0 saturated carbocycles. The van der Waals surface area contributed by atoms with Crippen LogP contribution in [0.1, 0.15) is 5.56 Å². The van der Waals surface area contributed by atoms with Crippen LogP contribution >= 0.6 is 22.6 Å². The molecule has 0 aliphatic carbocycles. The van der Waals surface area contributed by atoms with Crippen molar-refractivity contribution in [2.45, 2.75) is 0 Å². The van der Waals surface area contributed by atoms with E-state index >= 15 is 0 Å². The molecule has 16 heavy (non-hydrogen) atoms. The van der Waals surface area contributed by atoms with E-state index in [0.29, 0.717) is 11.3 Å². The molecule has 1 aromatic carbocycles. The van der Waals surface area contributed by atoms with Gasteiger partial charge >= 0.3 is 0 Å². The molecule has 0 spiro atoms. The Morgan fingerprint density at radius 3 is 2.75 bits per heavy atom. The van der Waals surface area contributed by atoms with Crippen LogP contribution < -0.4 is 10.5 Å². The van der Waals surface area contributed by atoms with Crippen molar-refractivity contribution in [1.82, 2.24) is 0 Å². The molecule has 0 atom stereocenters. The Morgan fingerprint density at radius 2 is 2.25 bits per heavy atom. The molecule has 0 heterocycles. The summed E-state index contributed by atoms with van der Waals surface area (Å²) in [5.74, 6) is -0.0692. The van der Waals surface area contributed by atoms with Crippen LogP contribution in [-0.4, -0.2) is 13.0 Å². The van der Waals surface area contributed by atoms with E-state index in [0.717, 1.165) is 3.57 Å². The first-order valence-corrected chi connectivity index (χ1v) is 5.41. The van der Waals surface area contributed by atoms with Gasteiger partial charge in [0.2, 0.25) is 0 Å². The lowest BCUT2D eigenvalue weighted by molar-refractivity contribution is -0.114. The third kappa shape index (κ3) is 3.24. The monoisotopic (exact) mass is 328 g/mol. The second-order valence-electron chi connectivity index (χ2n) is 2.96. The quantitative estimate of drug-likeness (QED) is 0.521. The predicted octanol–water partition coefficient (Wildman–Crippen LogP) is 1.69. The van der Waals surface area contributed by atoms with Crippen LogP contribution in [0.3, 0.4) is 0 Å². The number of hydrogen-bond acceptors (Lipinski definition) is 3. The van der Waals surface area contributed by atoms with Gasteiger partial charge in [-0.25, -0.2) is 0 Å². The van der Waals surface area contributed by atoms with E-state index < -0.39 is 5.91 Å². The summed E-state index contributed by atoms with van der Waals surface area (Å²) < 4.78 is 6.03. The number of primary amides is 1. The topological polar surface area (TPSA) is 76.1 Å². The van der Waals surface area contributed by atoms with Crippen molar-refractivity contribution in [2.24, 2.45) is 5.73 Å². The van der Waals surface area contributed by atoms with Gasteiger partial charge in [0.25, 0.3) is 5.91 Å². The number of ether oxygens (including phenoxy) is 1. The predicted molar refractivity (Wildman–Crippen MR) is 68.5 cm³/mol.